The molecule has 1 aromatic carbocycles. The summed E-state index contributed by atoms with van der Waals surface area (Å²) in [6, 6.07) is 11.1. The number of rotatable bonds is 7. The van der Waals surface area contributed by atoms with Gasteiger partial charge in [0.05, 0.1) is 41.9 Å². The maximum absolute atomic E-state index is 13.1. The molecule has 0 bridgehead atoms. The third kappa shape index (κ3) is 4.66. The van der Waals surface area contributed by atoms with Gasteiger partial charge >= 0.3 is 11.6 Å². The van der Waals surface area contributed by atoms with Gasteiger partial charge < -0.3 is 15.2 Å². The molecular formula is C26H30N5O4+. The molecule has 2 heterocycles. The van der Waals surface area contributed by atoms with Crippen molar-refractivity contribution in [2.45, 2.75) is 69.4 Å². The highest BCUT2D eigenvalue weighted by atomic mass is 16.5. The van der Waals surface area contributed by atoms with Crippen LogP contribution in [0.1, 0.15) is 80.0 Å². The summed E-state index contributed by atoms with van der Waals surface area (Å²) in [6.07, 6.45) is 6.73. The molecule has 0 unspecified atom stereocenters. The summed E-state index contributed by atoms with van der Waals surface area (Å²) in [6.45, 7) is 2.30. The van der Waals surface area contributed by atoms with Gasteiger partial charge in [-0.3, -0.25) is 14.7 Å². The number of nitrogens with one attached hydrogen (secondary N) is 1. The van der Waals surface area contributed by atoms with Gasteiger partial charge in [-0.15, -0.1) is 0 Å². The van der Waals surface area contributed by atoms with Crippen LogP contribution in [0.2, 0.25) is 0 Å². The number of pyridine rings is 1. The molecule has 2 saturated carbocycles. The van der Waals surface area contributed by atoms with Gasteiger partial charge in [0.2, 0.25) is 5.69 Å². The highest BCUT2D eigenvalue weighted by Gasteiger charge is 2.36. The number of amides is 1. The Kier molecular flexibility index (Phi) is 6.07. The normalized spacial score (nSPS) is 22.0. The number of fused-ring (bicyclic) bond motifs is 1. The third-order valence-corrected chi connectivity index (χ3v) is 7.06. The Labute approximate surface area is 203 Å². The smallest absolute Gasteiger partial charge is 0.325 e. The summed E-state index contributed by atoms with van der Waals surface area (Å²) in [7, 11) is 0. The van der Waals surface area contributed by atoms with Crippen LogP contribution in [0.25, 0.3) is 10.9 Å². The molecule has 0 spiro atoms. The number of hydrogen-bond donors (Lipinski definition) is 3. The van der Waals surface area contributed by atoms with Crippen molar-refractivity contribution in [3.63, 3.8) is 0 Å². The molecular weight excluding hydrogens is 446 g/mol. The molecule has 0 saturated heterocycles. The molecule has 5 rings (SSSR count). The summed E-state index contributed by atoms with van der Waals surface area (Å²) >= 11 is 0. The van der Waals surface area contributed by atoms with Crippen molar-refractivity contribution in [3.8, 4) is 11.8 Å². The van der Waals surface area contributed by atoms with E-state index in [9.17, 15) is 15.1 Å². The van der Waals surface area contributed by atoms with Crippen molar-refractivity contribution in [2.24, 2.45) is 0 Å². The Hall–Kier alpha value is -3.64. The first-order valence-electron chi connectivity index (χ1n) is 12.2. The summed E-state index contributed by atoms with van der Waals surface area (Å²) < 4.78 is 8.70. The zero-order valence-electron chi connectivity index (χ0n) is 19.8. The minimum atomic E-state index is -0.905. The van der Waals surface area contributed by atoms with Crippen LogP contribution in [-0.4, -0.2) is 38.2 Å². The average Bonchev–Trinajstić information content (AvgIpc) is 3.59. The molecule has 0 atom stereocenters. The molecule has 9 nitrogen and oxygen atoms in total. The van der Waals surface area contributed by atoms with E-state index >= 15 is 0 Å². The van der Waals surface area contributed by atoms with Gasteiger partial charge in [-0.25, -0.2) is 0 Å². The molecule has 9 heteroatoms. The van der Waals surface area contributed by atoms with E-state index in [4.69, 9.17) is 15.1 Å². The van der Waals surface area contributed by atoms with Gasteiger partial charge in [-0.1, -0.05) is 0 Å². The summed E-state index contributed by atoms with van der Waals surface area (Å²) in [4.78, 5) is 13.1. The quantitative estimate of drug-likeness (QED) is 0.351. The fraction of sp³-hybridized carbons (Fsp3) is 0.462. The Balaban J connectivity index is 1.40. The first-order valence-corrected chi connectivity index (χ1v) is 12.2. The fourth-order valence-corrected chi connectivity index (χ4v) is 4.92. The average molecular weight is 477 g/mol. The lowest BCUT2D eigenvalue weighted by Crippen LogP contribution is -2.43. The second kappa shape index (κ2) is 9.19. The highest BCUT2D eigenvalue weighted by Crippen LogP contribution is 2.39. The Morgan fingerprint density at radius 3 is 2.77 bits per heavy atom. The van der Waals surface area contributed by atoms with Crippen LogP contribution >= 0.6 is 0 Å². The molecule has 1 amide bonds. The van der Waals surface area contributed by atoms with Crippen molar-refractivity contribution >= 4 is 22.5 Å². The maximum atomic E-state index is 13.1. The number of aliphatic hydroxyl groups is 1. The lowest BCUT2D eigenvalue weighted by atomic mass is 9.80. The molecule has 0 aliphatic heterocycles. The number of carbonyl (C=O) groups excluding carboxylic acids is 1. The van der Waals surface area contributed by atoms with Crippen LogP contribution in [0.15, 0.2) is 36.5 Å². The molecule has 2 fully saturated rings. The SMILES string of the molecule is CCOc1cc2nn(C3CCC(O)(CC#N)CC3)cc2cc1NC(=O)c1cccc(C2CC2)[n+]1O. The van der Waals surface area contributed by atoms with Crippen LogP contribution in [0.3, 0.4) is 0 Å². The van der Waals surface area contributed by atoms with Crippen LogP contribution in [0.4, 0.5) is 5.69 Å². The Morgan fingerprint density at radius 1 is 1.31 bits per heavy atom. The van der Waals surface area contributed by atoms with Crippen molar-refractivity contribution in [2.75, 3.05) is 11.9 Å². The van der Waals surface area contributed by atoms with Crippen molar-refractivity contribution in [1.29, 1.82) is 5.26 Å². The first kappa shape index (κ1) is 23.1. The van der Waals surface area contributed by atoms with Gasteiger partial charge in [0.25, 0.3) is 0 Å². The number of ether oxygens (including phenoxy) is 1. The molecule has 3 N–H and O–H groups in total. The summed E-state index contributed by atoms with van der Waals surface area (Å²) in [5.41, 5.74) is 1.26. The first-order chi connectivity index (χ1) is 16.9. The third-order valence-electron chi connectivity index (χ3n) is 7.06. The van der Waals surface area contributed by atoms with Gasteiger partial charge in [-0.05, 0) is 57.6 Å². The van der Waals surface area contributed by atoms with E-state index in [1.807, 2.05) is 36.0 Å². The van der Waals surface area contributed by atoms with Gasteiger partial charge in [-0.2, -0.15) is 10.4 Å². The molecule has 2 aromatic heterocycles. The minimum Gasteiger partial charge on any atom is -0.492 e. The summed E-state index contributed by atoms with van der Waals surface area (Å²) in [5.74, 6) is 0.379. The van der Waals surface area contributed by atoms with E-state index in [-0.39, 0.29) is 18.2 Å². The number of carbonyl (C=O) groups is 1. The summed E-state index contributed by atoms with van der Waals surface area (Å²) in [5, 5.41) is 38.6. The van der Waals surface area contributed by atoms with Crippen LogP contribution in [0.5, 0.6) is 5.75 Å². The van der Waals surface area contributed by atoms with E-state index in [0.29, 0.717) is 36.8 Å². The fourth-order valence-electron chi connectivity index (χ4n) is 4.92. The number of nitriles is 1. The van der Waals surface area contributed by atoms with Crippen molar-refractivity contribution < 1.29 is 24.6 Å². The molecule has 182 valence electrons. The topological polar surface area (TPSA) is 124 Å². The van der Waals surface area contributed by atoms with Crippen LogP contribution in [-0.2, 0) is 0 Å². The zero-order valence-corrected chi connectivity index (χ0v) is 19.8. The number of hydrogen-bond acceptors (Lipinski definition) is 6. The van der Waals surface area contributed by atoms with Crippen LogP contribution < -0.4 is 14.8 Å². The Morgan fingerprint density at radius 2 is 2.09 bits per heavy atom. The standard InChI is InChI=1S/C26H29N5O4/c1-2-35-24-15-20-18(16-30(29-20)19-8-10-26(33,11-9-19)12-13-27)14-21(24)28-25(32)23-5-3-4-22(31(23)34)17-6-7-17/h3-5,14-17,19,33H,2,6-12H2,1H3,(H-,28,32,34)/p+1. The molecule has 2 aliphatic carbocycles. The van der Waals surface area contributed by atoms with Crippen LogP contribution in [0, 0.1) is 11.3 Å². The maximum Gasteiger partial charge on any atom is 0.325 e. The highest BCUT2D eigenvalue weighted by molar-refractivity contribution is 6.04. The minimum absolute atomic E-state index is 0.133. The number of benzene rings is 1. The van der Waals surface area contributed by atoms with Crippen molar-refractivity contribution in [3.05, 3.63) is 47.9 Å². The van der Waals surface area contributed by atoms with E-state index in [1.54, 1.807) is 12.1 Å². The van der Waals surface area contributed by atoms with Crippen molar-refractivity contribution in [1.82, 2.24) is 9.78 Å². The number of anilines is 1. The predicted molar refractivity (Wildman–Crippen MR) is 127 cm³/mol. The number of nitrogens with zero attached hydrogens (tertiary/aromatic N) is 4. The van der Waals surface area contributed by atoms with E-state index in [2.05, 4.69) is 11.4 Å². The van der Waals surface area contributed by atoms with Gasteiger partial charge in [0.15, 0.2) is 0 Å². The van der Waals surface area contributed by atoms with Gasteiger partial charge in [0.1, 0.15) is 5.75 Å². The second-order valence-electron chi connectivity index (χ2n) is 9.62. The molecule has 35 heavy (non-hydrogen) atoms. The van der Waals surface area contributed by atoms with E-state index in [1.165, 1.54) is 0 Å². The lowest BCUT2D eigenvalue weighted by Gasteiger charge is -2.34. The van der Waals surface area contributed by atoms with E-state index in [0.717, 1.165) is 47.0 Å². The molecule has 0 radical (unpaired) electrons. The Bertz CT molecular complexity index is 1300. The predicted octanol–water partition coefficient (Wildman–Crippen LogP) is 3.85. The lowest BCUT2D eigenvalue weighted by molar-refractivity contribution is -0.910. The second-order valence-corrected chi connectivity index (χ2v) is 9.62. The molecule has 2 aliphatic rings. The van der Waals surface area contributed by atoms with E-state index < -0.39 is 11.5 Å². The largest absolute Gasteiger partial charge is 0.492 e. The monoisotopic (exact) mass is 476 g/mol. The van der Waals surface area contributed by atoms with Gasteiger partial charge in [0, 0.05) is 40.4 Å². The zero-order chi connectivity index (χ0) is 24.6. The molecule has 3 aromatic rings. The number of aromatic nitrogens is 3.